The van der Waals surface area contributed by atoms with Crippen molar-refractivity contribution in [1.82, 2.24) is 10.6 Å². The van der Waals surface area contributed by atoms with Gasteiger partial charge in [0.1, 0.15) is 0 Å². The molecule has 0 bridgehead atoms. The SMILES string of the molecule is CCCCCCC(C)NC(=O)NC(=O)C(C)=C(C)C(=O)O. The van der Waals surface area contributed by atoms with Crippen LogP contribution in [-0.4, -0.2) is 29.1 Å². The number of urea groups is 1. The first kappa shape index (κ1) is 19.1. The van der Waals surface area contributed by atoms with Crippen LogP contribution in [0.2, 0.25) is 0 Å². The second-order valence-corrected chi connectivity index (χ2v) is 5.23. The van der Waals surface area contributed by atoms with E-state index in [4.69, 9.17) is 5.11 Å². The Kier molecular flexibility index (Phi) is 9.08. The Balaban J connectivity index is 4.22. The summed E-state index contributed by atoms with van der Waals surface area (Å²) in [6.45, 7) is 6.71. The minimum atomic E-state index is -1.17. The third-order valence-corrected chi connectivity index (χ3v) is 3.32. The number of imide groups is 1. The first-order chi connectivity index (χ1) is 9.79. The maximum Gasteiger partial charge on any atom is 0.331 e. The van der Waals surface area contributed by atoms with Gasteiger partial charge in [-0.3, -0.25) is 10.1 Å². The fraction of sp³-hybridized carbons (Fsp3) is 0.667. The molecule has 3 N–H and O–H groups in total. The summed E-state index contributed by atoms with van der Waals surface area (Å²) in [6.07, 6.45) is 5.34. The van der Waals surface area contributed by atoms with Gasteiger partial charge in [0.2, 0.25) is 0 Å². The van der Waals surface area contributed by atoms with Gasteiger partial charge in [0, 0.05) is 17.2 Å². The Labute approximate surface area is 126 Å². The van der Waals surface area contributed by atoms with E-state index in [1.807, 2.05) is 6.92 Å². The molecule has 0 aliphatic carbocycles. The standard InChI is InChI=1S/C15H26N2O4/c1-5-6-7-8-9-10(2)16-15(21)17-13(18)11(3)12(4)14(19)20/h10H,5-9H2,1-4H3,(H,19,20)(H2,16,17,18,21). The Morgan fingerprint density at radius 3 is 2.19 bits per heavy atom. The number of hydrogen-bond acceptors (Lipinski definition) is 3. The first-order valence-electron chi connectivity index (χ1n) is 7.32. The Morgan fingerprint density at radius 1 is 1.05 bits per heavy atom. The van der Waals surface area contributed by atoms with Gasteiger partial charge in [0.25, 0.3) is 5.91 Å². The van der Waals surface area contributed by atoms with Crippen LogP contribution < -0.4 is 10.6 Å². The van der Waals surface area contributed by atoms with E-state index in [2.05, 4.69) is 17.6 Å². The van der Waals surface area contributed by atoms with Crippen molar-refractivity contribution in [1.29, 1.82) is 0 Å². The third kappa shape index (κ3) is 8.12. The highest BCUT2D eigenvalue weighted by Gasteiger charge is 2.16. The van der Waals surface area contributed by atoms with Gasteiger partial charge in [0.05, 0.1) is 0 Å². The largest absolute Gasteiger partial charge is 0.478 e. The van der Waals surface area contributed by atoms with E-state index < -0.39 is 17.9 Å². The van der Waals surface area contributed by atoms with Gasteiger partial charge < -0.3 is 10.4 Å². The average molecular weight is 298 g/mol. The number of hydrogen-bond donors (Lipinski definition) is 3. The quantitative estimate of drug-likeness (QED) is 0.474. The molecule has 0 aliphatic rings. The zero-order chi connectivity index (χ0) is 16.4. The summed E-state index contributed by atoms with van der Waals surface area (Å²) < 4.78 is 0. The van der Waals surface area contributed by atoms with E-state index in [1.165, 1.54) is 20.3 Å². The van der Waals surface area contributed by atoms with Crippen LogP contribution in [-0.2, 0) is 9.59 Å². The van der Waals surface area contributed by atoms with Gasteiger partial charge in [-0.1, -0.05) is 32.6 Å². The number of amides is 3. The molecule has 0 saturated carbocycles. The van der Waals surface area contributed by atoms with Crippen LogP contribution in [0.1, 0.15) is 59.8 Å². The zero-order valence-corrected chi connectivity index (χ0v) is 13.3. The molecule has 0 aromatic rings. The average Bonchev–Trinajstić information content (AvgIpc) is 2.41. The lowest BCUT2D eigenvalue weighted by atomic mass is 10.1. The van der Waals surface area contributed by atoms with Crippen molar-refractivity contribution >= 4 is 17.9 Å². The number of carboxylic acids is 1. The second-order valence-electron chi connectivity index (χ2n) is 5.23. The normalized spacial score (nSPS) is 13.1. The van der Waals surface area contributed by atoms with Crippen LogP contribution in [0.4, 0.5) is 4.79 Å². The molecule has 0 heterocycles. The first-order valence-corrected chi connectivity index (χ1v) is 7.32. The number of carbonyl (C=O) groups excluding carboxylic acids is 2. The third-order valence-electron chi connectivity index (χ3n) is 3.32. The van der Waals surface area contributed by atoms with E-state index in [0.717, 1.165) is 25.7 Å². The number of carbonyl (C=O) groups is 3. The van der Waals surface area contributed by atoms with E-state index in [1.54, 1.807) is 0 Å². The van der Waals surface area contributed by atoms with Crippen molar-refractivity contribution in [3.63, 3.8) is 0 Å². The van der Waals surface area contributed by atoms with Crippen LogP contribution in [0.15, 0.2) is 11.1 Å². The number of aliphatic carboxylic acids is 1. The van der Waals surface area contributed by atoms with Crippen molar-refractivity contribution in [3.05, 3.63) is 11.1 Å². The smallest absolute Gasteiger partial charge is 0.331 e. The summed E-state index contributed by atoms with van der Waals surface area (Å²) in [5.41, 5.74) is -0.0545. The number of nitrogens with one attached hydrogen (secondary N) is 2. The molecule has 6 heteroatoms. The van der Waals surface area contributed by atoms with Gasteiger partial charge in [-0.2, -0.15) is 0 Å². The van der Waals surface area contributed by atoms with Crippen LogP contribution >= 0.6 is 0 Å². The van der Waals surface area contributed by atoms with E-state index in [-0.39, 0.29) is 17.2 Å². The molecular formula is C15H26N2O4. The number of unbranched alkanes of at least 4 members (excludes halogenated alkanes) is 3. The number of carboxylic acid groups (broad SMARTS) is 1. The summed E-state index contributed by atoms with van der Waals surface area (Å²) in [5.74, 6) is -1.86. The molecule has 0 fully saturated rings. The zero-order valence-electron chi connectivity index (χ0n) is 13.3. The maximum absolute atomic E-state index is 11.7. The van der Waals surface area contributed by atoms with Crippen LogP contribution in [0.3, 0.4) is 0 Å². The summed E-state index contributed by atoms with van der Waals surface area (Å²) in [5, 5.41) is 13.6. The van der Waals surface area contributed by atoms with E-state index in [9.17, 15) is 14.4 Å². The molecule has 6 nitrogen and oxygen atoms in total. The van der Waals surface area contributed by atoms with E-state index >= 15 is 0 Å². The molecule has 0 spiro atoms. The Bertz CT molecular complexity index is 416. The van der Waals surface area contributed by atoms with Gasteiger partial charge in [0.15, 0.2) is 0 Å². The molecule has 1 atom stereocenters. The lowest BCUT2D eigenvalue weighted by Gasteiger charge is -2.14. The molecule has 3 amide bonds. The van der Waals surface area contributed by atoms with Crippen molar-refractivity contribution in [2.24, 2.45) is 0 Å². The van der Waals surface area contributed by atoms with Gasteiger partial charge >= 0.3 is 12.0 Å². The van der Waals surface area contributed by atoms with Crippen molar-refractivity contribution in [3.8, 4) is 0 Å². The number of rotatable bonds is 8. The summed E-state index contributed by atoms with van der Waals surface area (Å²) in [7, 11) is 0. The molecule has 0 rings (SSSR count). The van der Waals surface area contributed by atoms with Crippen molar-refractivity contribution in [2.75, 3.05) is 0 Å². The molecule has 0 aromatic heterocycles. The molecular weight excluding hydrogens is 272 g/mol. The highest BCUT2D eigenvalue weighted by atomic mass is 16.4. The fourth-order valence-electron chi connectivity index (χ4n) is 1.74. The summed E-state index contributed by atoms with van der Waals surface area (Å²) in [4.78, 5) is 34.1. The lowest BCUT2D eigenvalue weighted by Crippen LogP contribution is -2.44. The minimum absolute atomic E-state index is 0.0215. The monoisotopic (exact) mass is 298 g/mol. The van der Waals surface area contributed by atoms with E-state index in [0.29, 0.717) is 0 Å². The molecule has 0 radical (unpaired) electrons. The molecule has 0 saturated heterocycles. The minimum Gasteiger partial charge on any atom is -0.478 e. The maximum atomic E-state index is 11.7. The van der Waals surface area contributed by atoms with Crippen LogP contribution in [0.25, 0.3) is 0 Å². The predicted molar refractivity (Wildman–Crippen MR) is 80.9 cm³/mol. The van der Waals surface area contributed by atoms with Gasteiger partial charge in [-0.25, -0.2) is 9.59 Å². The molecule has 120 valence electrons. The second kappa shape index (κ2) is 9.96. The molecule has 21 heavy (non-hydrogen) atoms. The summed E-state index contributed by atoms with van der Waals surface area (Å²) >= 11 is 0. The predicted octanol–water partition coefficient (Wildman–Crippen LogP) is 2.59. The van der Waals surface area contributed by atoms with Crippen molar-refractivity contribution < 1.29 is 19.5 Å². The molecule has 1 unspecified atom stereocenters. The highest BCUT2D eigenvalue weighted by molar-refractivity contribution is 6.07. The van der Waals surface area contributed by atoms with Gasteiger partial charge in [-0.15, -0.1) is 0 Å². The lowest BCUT2D eigenvalue weighted by molar-refractivity contribution is -0.133. The Morgan fingerprint density at radius 2 is 1.67 bits per heavy atom. The molecule has 0 aliphatic heterocycles. The summed E-state index contributed by atoms with van der Waals surface area (Å²) in [6, 6.07) is -0.625. The topological polar surface area (TPSA) is 95.5 Å². The van der Waals surface area contributed by atoms with Crippen LogP contribution in [0, 0.1) is 0 Å². The Hall–Kier alpha value is -1.85. The molecule has 0 aromatic carbocycles. The fourth-order valence-corrected chi connectivity index (χ4v) is 1.74. The van der Waals surface area contributed by atoms with Crippen LogP contribution in [0.5, 0.6) is 0 Å². The van der Waals surface area contributed by atoms with Gasteiger partial charge in [-0.05, 0) is 27.2 Å². The highest BCUT2D eigenvalue weighted by Crippen LogP contribution is 2.06. The van der Waals surface area contributed by atoms with Crippen molar-refractivity contribution in [2.45, 2.75) is 65.8 Å².